The molecule has 3 aromatic carbocycles. The lowest BCUT2D eigenvalue weighted by Gasteiger charge is -2.10. The third-order valence-electron chi connectivity index (χ3n) is 3.86. The summed E-state index contributed by atoms with van der Waals surface area (Å²) in [4.78, 5) is 12.0. The predicted octanol–water partition coefficient (Wildman–Crippen LogP) is 4.59. The predicted molar refractivity (Wildman–Crippen MR) is 103 cm³/mol. The van der Waals surface area contributed by atoms with Gasteiger partial charge in [0.15, 0.2) is 6.61 Å². The van der Waals surface area contributed by atoms with E-state index in [4.69, 9.17) is 9.47 Å². The summed E-state index contributed by atoms with van der Waals surface area (Å²) in [6.07, 6.45) is 0. The number of aryl methyl sites for hydroxylation is 1. The van der Waals surface area contributed by atoms with Crippen LogP contribution in [0, 0.1) is 6.92 Å². The number of hydrogen-bond donors (Lipinski definition) is 1. The maximum atomic E-state index is 12.0. The van der Waals surface area contributed by atoms with Crippen LogP contribution in [0.15, 0.2) is 78.9 Å². The Morgan fingerprint density at radius 1 is 0.808 bits per heavy atom. The zero-order valence-electron chi connectivity index (χ0n) is 14.6. The molecule has 0 aliphatic rings. The maximum Gasteiger partial charge on any atom is 0.262 e. The van der Waals surface area contributed by atoms with Crippen molar-refractivity contribution in [3.05, 3.63) is 90.0 Å². The summed E-state index contributed by atoms with van der Waals surface area (Å²) < 4.78 is 11.3. The van der Waals surface area contributed by atoms with Gasteiger partial charge in [-0.25, -0.2) is 0 Å². The first kappa shape index (κ1) is 17.5. The minimum atomic E-state index is -0.191. The molecule has 132 valence electrons. The Morgan fingerprint density at radius 3 is 2.12 bits per heavy atom. The van der Waals surface area contributed by atoms with Gasteiger partial charge in [-0.1, -0.05) is 48.5 Å². The molecule has 0 bridgehead atoms. The zero-order valence-corrected chi connectivity index (χ0v) is 14.6. The highest BCUT2D eigenvalue weighted by atomic mass is 16.5. The van der Waals surface area contributed by atoms with E-state index < -0.39 is 0 Å². The van der Waals surface area contributed by atoms with Gasteiger partial charge in [0.05, 0.1) is 0 Å². The van der Waals surface area contributed by atoms with Gasteiger partial charge in [-0.3, -0.25) is 4.79 Å². The number of ether oxygens (including phenoxy) is 2. The van der Waals surface area contributed by atoms with Crippen molar-refractivity contribution in [1.82, 2.24) is 0 Å². The highest BCUT2D eigenvalue weighted by molar-refractivity contribution is 5.92. The standard InChI is InChI=1S/C22H21NO3/c1-17-7-5-6-10-21(17)23-22(24)16-26-20-13-11-19(12-14-20)25-15-18-8-3-2-4-9-18/h2-14H,15-16H2,1H3,(H,23,24). The molecule has 4 nitrogen and oxygen atoms in total. The minimum absolute atomic E-state index is 0.0431. The summed E-state index contributed by atoms with van der Waals surface area (Å²) in [5, 5.41) is 2.84. The first-order valence-electron chi connectivity index (χ1n) is 8.46. The highest BCUT2D eigenvalue weighted by Crippen LogP contribution is 2.19. The third-order valence-corrected chi connectivity index (χ3v) is 3.86. The number of rotatable bonds is 7. The molecule has 0 aliphatic heterocycles. The Balaban J connectivity index is 1.46. The summed E-state index contributed by atoms with van der Waals surface area (Å²) in [5.74, 6) is 1.19. The number of carbonyl (C=O) groups excluding carboxylic acids is 1. The van der Waals surface area contributed by atoms with Gasteiger partial charge in [0, 0.05) is 5.69 Å². The molecule has 0 unspecified atom stereocenters. The van der Waals surface area contributed by atoms with E-state index in [1.54, 1.807) is 12.1 Å². The van der Waals surface area contributed by atoms with Gasteiger partial charge in [0.25, 0.3) is 5.91 Å². The first-order valence-corrected chi connectivity index (χ1v) is 8.46. The van der Waals surface area contributed by atoms with E-state index in [0.717, 1.165) is 22.6 Å². The van der Waals surface area contributed by atoms with Crippen LogP contribution in [-0.4, -0.2) is 12.5 Å². The van der Waals surface area contributed by atoms with E-state index in [1.807, 2.05) is 73.7 Å². The van der Waals surface area contributed by atoms with Crippen molar-refractivity contribution >= 4 is 11.6 Å². The van der Waals surface area contributed by atoms with Crippen LogP contribution >= 0.6 is 0 Å². The van der Waals surface area contributed by atoms with Crippen LogP contribution in [0.3, 0.4) is 0 Å². The SMILES string of the molecule is Cc1ccccc1NC(=O)COc1ccc(OCc2ccccc2)cc1. The number of amides is 1. The fourth-order valence-corrected chi connectivity index (χ4v) is 2.42. The number of anilines is 1. The second kappa shape index (κ2) is 8.72. The van der Waals surface area contributed by atoms with E-state index in [9.17, 15) is 4.79 Å². The van der Waals surface area contributed by atoms with Crippen LogP contribution in [0.2, 0.25) is 0 Å². The normalized spacial score (nSPS) is 10.2. The number of para-hydroxylation sites is 1. The summed E-state index contributed by atoms with van der Waals surface area (Å²) >= 11 is 0. The molecule has 0 heterocycles. The number of carbonyl (C=O) groups is 1. The number of nitrogens with one attached hydrogen (secondary N) is 1. The quantitative estimate of drug-likeness (QED) is 0.680. The van der Waals surface area contributed by atoms with Gasteiger partial charge in [0.2, 0.25) is 0 Å². The summed E-state index contributed by atoms with van der Waals surface area (Å²) in [6, 6.07) is 24.9. The van der Waals surface area contributed by atoms with Crippen LogP contribution in [0.5, 0.6) is 11.5 Å². The molecule has 0 aromatic heterocycles. The maximum absolute atomic E-state index is 12.0. The van der Waals surface area contributed by atoms with Crippen LogP contribution < -0.4 is 14.8 Å². The van der Waals surface area contributed by atoms with E-state index in [1.165, 1.54) is 0 Å². The largest absolute Gasteiger partial charge is 0.489 e. The zero-order chi connectivity index (χ0) is 18.2. The Labute approximate surface area is 153 Å². The molecule has 0 radical (unpaired) electrons. The smallest absolute Gasteiger partial charge is 0.262 e. The molecular weight excluding hydrogens is 326 g/mol. The molecule has 3 rings (SSSR count). The van der Waals surface area contributed by atoms with Gasteiger partial charge >= 0.3 is 0 Å². The highest BCUT2D eigenvalue weighted by Gasteiger charge is 2.05. The summed E-state index contributed by atoms with van der Waals surface area (Å²) in [7, 11) is 0. The Kier molecular flexibility index (Phi) is 5.88. The second-order valence-corrected chi connectivity index (χ2v) is 5.90. The lowest BCUT2D eigenvalue weighted by molar-refractivity contribution is -0.118. The van der Waals surface area contributed by atoms with Crippen LogP contribution in [0.4, 0.5) is 5.69 Å². The molecular formula is C22H21NO3. The molecule has 0 atom stereocenters. The van der Waals surface area contributed by atoms with Gasteiger partial charge < -0.3 is 14.8 Å². The van der Waals surface area contributed by atoms with Crippen molar-refractivity contribution in [3.63, 3.8) is 0 Å². The molecule has 0 fully saturated rings. The van der Waals surface area contributed by atoms with E-state index in [0.29, 0.717) is 12.4 Å². The van der Waals surface area contributed by atoms with Crippen molar-refractivity contribution in [1.29, 1.82) is 0 Å². The summed E-state index contributed by atoms with van der Waals surface area (Å²) in [6.45, 7) is 2.42. The second-order valence-electron chi connectivity index (χ2n) is 5.90. The molecule has 0 spiro atoms. The molecule has 26 heavy (non-hydrogen) atoms. The van der Waals surface area contributed by atoms with Crippen molar-refractivity contribution in [2.75, 3.05) is 11.9 Å². The molecule has 0 saturated carbocycles. The van der Waals surface area contributed by atoms with Gasteiger partial charge in [-0.2, -0.15) is 0 Å². The van der Waals surface area contributed by atoms with Crippen molar-refractivity contribution in [3.8, 4) is 11.5 Å². The average Bonchev–Trinajstić information content (AvgIpc) is 2.68. The van der Waals surface area contributed by atoms with Crippen LogP contribution in [0.1, 0.15) is 11.1 Å². The molecule has 0 saturated heterocycles. The first-order chi connectivity index (χ1) is 12.7. The Morgan fingerprint density at radius 2 is 1.42 bits per heavy atom. The minimum Gasteiger partial charge on any atom is -0.489 e. The van der Waals surface area contributed by atoms with E-state index in [2.05, 4.69) is 5.32 Å². The van der Waals surface area contributed by atoms with E-state index >= 15 is 0 Å². The monoisotopic (exact) mass is 347 g/mol. The van der Waals surface area contributed by atoms with Crippen molar-refractivity contribution in [2.45, 2.75) is 13.5 Å². The van der Waals surface area contributed by atoms with Crippen molar-refractivity contribution in [2.24, 2.45) is 0 Å². The average molecular weight is 347 g/mol. The molecule has 1 amide bonds. The molecule has 3 aromatic rings. The van der Waals surface area contributed by atoms with Gasteiger partial charge in [0.1, 0.15) is 18.1 Å². The fraction of sp³-hybridized carbons (Fsp3) is 0.136. The van der Waals surface area contributed by atoms with Crippen LogP contribution in [0.25, 0.3) is 0 Å². The Bertz CT molecular complexity index is 845. The van der Waals surface area contributed by atoms with Crippen molar-refractivity contribution < 1.29 is 14.3 Å². The molecule has 1 N–H and O–H groups in total. The van der Waals surface area contributed by atoms with Gasteiger partial charge in [-0.15, -0.1) is 0 Å². The van der Waals surface area contributed by atoms with E-state index in [-0.39, 0.29) is 12.5 Å². The topological polar surface area (TPSA) is 47.6 Å². The lowest BCUT2D eigenvalue weighted by Crippen LogP contribution is -2.20. The molecule has 0 aliphatic carbocycles. The number of hydrogen-bond acceptors (Lipinski definition) is 3. The lowest BCUT2D eigenvalue weighted by atomic mass is 10.2. The van der Waals surface area contributed by atoms with Gasteiger partial charge in [-0.05, 0) is 48.4 Å². The molecule has 4 heteroatoms. The third kappa shape index (κ3) is 5.11. The number of benzene rings is 3. The Hall–Kier alpha value is -3.27. The fourth-order valence-electron chi connectivity index (χ4n) is 2.42. The van der Waals surface area contributed by atoms with Crippen LogP contribution in [-0.2, 0) is 11.4 Å². The summed E-state index contributed by atoms with van der Waals surface area (Å²) in [5.41, 5.74) is 2.92.